The number of rotatable bonds is 10. The Morgan fingerprint density at radius 2 is 1.54 bits per heavy atom. The smallest absolute Gasteiger partial charge is 0.191 e. The lowest BCUT2D eigenvalue weighted by molar-refractivity contribution is 0.125. The molecule has 0 unspecified atom stereocenters. The molecule has 0 heterocycles. The first-order valence-corrected chi connectivity index (χ1v) is 8.65. The molecule has 140 valence electrons. The van der Waals surface area contributed by atoms with Crippen LogP contribution in [-0.2, 0) is 11.3 Å². The normalized spacial score (nSPS) is 11.1. The minimum atomic E-state index is 0.539. The van der Waals surface area contributed by atoms with E-state index in [0.717, 1.165) is 17.5 Å². The Hall–Kier alpha value is -2.73. The number of hydrogen-bond acceptors (Lipinski definition) is 4. The van der Waals surface area contributed by atoms with Crippen LogP contribution in [0.1, 0.15) is 5.56 Å². The predicted molar refractivity (Wildman–Crippen MR) is 104 cm³/mol. The SMILES string of the molecule is CN=C(NCCOCc1ccccc1)NCCOc1ccc(OC)cc1. The summed E-state index contributed by atoms with van der Waals surface area (Å²) in [6.07, 6.45) is 0. The Bertz CT molecular complexity index is 645. The van der Waals surface area contributed by atoms with Crippen LogP contribution in [0.5, 0.6) is 11.5 Å². The van der Waals surface area contributed by atoms with E-state index in [2.05, 4.69) is 27.8 Å². The zero-order valence-corrected chi connectivity index (χ0v) is 15.4. The molecule has 2 aromatic rings. The van der Waals surface area contributed by atoms with Crippen molar-refractivity contribution in [2.75, 3.05) is 40.5 Å². The summed E-state index contributed by atoms with van der Waals surface area (Å²) in [5.41, 5.74) is 1.17. The number of ether oxygens (including phenoxy) is 3. The van der Waals surface area contributed by atoms with Gasteiger partial charge in [0.15, 0.2) is 5.96 Å². The molecule has 2 rings (SSSR count). The highest BCUT2D eigenvalue weighted by Gasteiger charge is 1.99. The highest BCUT2D eigenvalue weighted by atomic mass is 16.5. The maximum absolute atomic E-state index is 5.67. The molecule has 0 bridgehead atoms. The second kappa shape index (κ2) is 11.8. The molecule has 0 radical (unpaired) electrons. The van der Waals surface area contributed by atoms with E-state index >= 15 is 0 Å². The third-order valence-electron chi connectivity index (χ3n) is 3.60. The predicted octanol–water partition coefficient (Wildman–Crippen LogP) is 2.46. The van der Waals surface area contributed by atoms with Crippen LogP contribution in [0.15, 0.2) is 59.6 Å². The lowest BCUT2D eigenvalue weighted by Crippen LogP contribution is -2.40. The molecule has 6 heteroatoms. The average molecular weight is 357 g/mol. The molecule has 0 aliphatic heterocycles. The van der Waals surface area contributed by atoms with E-state index in [0.29, 0.717) is 32.9 Å². The van der Waals surface area contributed by atoms with Crippen LogP contribution in [-0.4, -0.2) is 46.4 Å². The van der Waals surface area contributed by atoms with E-state index in [4.69, 9.17) is 14.2 Å². The summed E-state index contributed by atoms with van der Waals surface area (Å²) in [7, 11) is 3.38. The molecule has 26 heavy (non-hydrogen) atoms. The molecule has 2 aromatic carbocycles. The van der Waals surface area contributed by atoms with Gasteiger partial charge in [0.2, 0.25) is 0 Å². The van der Waals surface area contributed by atoms with E-state index < -0.39 is 0 Å². The fraction of sp³-hybridized carbons (Fsp3) is 0.350. The summed E-state index contributed by atoms with van der Waals surface area (Å²) in [5.74, 6) is 2.35. The first kappa shape index (κ1) is 19.6. The molecule has 0 aromatic heterocycles. The Balaban J connectivity index is 1.54. The number of methoxy groups -OCH3 is 1. The molecule has 0 spiro atoms. The van der Waals surface area contributed by atoms with Gasteiger partial charge in [0.25, 0.3) is 0 Å². The van der Waals surface area contributed by atoms with E-state index in [1.807, 2.05) is 42.5 Å². The summed E-state index contributed by atoms with van der Waals surface area (Å²) in [5, 5.41) is 6.42. The van der Waals surface area contributed by atoms with E-state index in [1.165, 1.54) is 5.56 Å². The Labute approximate surface area is 155 Å². The molecule has 0 amide bonds. The Morgan fingerprint density at radius 3 is 2.19 bits per heavy atom. The van der Waals surface area contributed by atoms with Crippen molar-refractivity contribution in [3.8, 4) is 11.5 Å². The van der Waals surface area contributed by atoms with Crippen molar-refractivity contribution in [2.24, 2.45) is 4.99 Å². The van der Waals surface area contributed by atoms with Gasteiger partial charge in [-0.3, -0.25) is 4.99 Å². The number of aliphatic imine (C=N–C) groups is 1. The molecule has 0 saturated carbocycles. The molecule has 0 aliphatic carbocycles. The number of nitrogens with zero attached hydrogens (tertiary/aromatic N) is 1. The lowest BCUT2D eigenvalue weighted by atomic mass is 10.2. The van der Waals surface area contributed by atoms with Gasteiger partial charge in [-0.2, -0.15) is 0 Å². The monoisotopic (exact) mass is 357 g/mol. The molecule has 6 nitrogen and oxygen atoms in total. The quantitative estimate of drug-likeness (QED) is 0.388. The van der Waals surface area contributed by atoms with Crippen LogP contribution in [0.4, 0.5) is 0 Å². The van der Waals surface area contributed by atoms with Crippen LogP contribution in [0.3, 0.4) is 0 Å². The minimum Gasteiger partial charge on any atom is -0.497 e. The van der Waals surface area contributed by atoms with Crippen molar-refractivity contribution < 1.29 is 14.2 Å². The molecule has 2 N–H and O–H groups in total. The summed E-state index contributed by atoms with van der Waals surface area (Å²) in [6.45, 7) is 3.10. The third kappa shape index (κ3) is 7.44. The highest BCUT2D eigenvalue weighted by molar-refractivity contribution is 5.79. The zero-order valence-electron chi connectivity index (χ0n) is 15.4. The van der Waals surface area contributed by atoms with Crippen LogP contribution >= 0.6 is 0 Å². The first-order valence-electron chi connectivity index (χ1n) is 8.65. The van der Waals surface area contributed by atoms with Gasteiger partial charge in [-0.25, -0.2) is 0 Å². The standard InChI is InChI=1S/C20H27N3O3/c1-21-20(22-12-14-25-16-17-6-4-3-5-7-17)23-13-15-26-19-10-8-18(24-2)9-11-19/h3-11H,12-16H2,1-2H3,(H2,21,22,23). The molecular formula is C20H27N3O3. The van der Waals surface area contributed by atoms with Gasteiger partial charge in [-0.1, -0.05) is 30.3 Å². The van der Waals surface area contributed by atoms with Gasteiger partial charge in [0.05, 0.1) is 26.9 Å². The van der Waals surface area contributed by atoms with E-state index in [1.54, 1.807) is 14.2 Å². The first-order chi connectivity index (χ1) is 12.8. The number of guanidine groups is 1. The van der Waals surface area contributed by atoms with E-state index in [-0.39, 0.29) is 0 Å². The average Bonchev–Trinajstić information content (AvgIpc) is 2.70. The summed E-state index contributed by atoms with van der Waals surface area (Å²) in [6, 6.07) is 17.6. The zero-order chi connectivity index (χ0) is 18.5. The van der Waals surface area contributed by atoms with Crippen molar-refractivity contribution in [3.05, 3.63) is 60.2 Å². The van der Waals surface area contributed by atoms with Gasteiger partial charge in [-0.05, 0) is 29.8 Å². The van der Waals surface area contributed by atoms with Crippen molar-refractivity contribution in [1.29, 1.82) is 0 Å². The van der Waals surface area contributed by atoms with Gasteiger partial charge in [0.1, 0.15) is 18.1 Å². The minimum absolute atomic E-state index is 0.539. The van der Waals surface area contributed by atoms with Gasteiger partial charge in [0, 0.05) is 13.6 Å². The Morgan fingerprint density at radius 1 is 0.885 bits per heavy atom. The third-order valence-corrected chi connectivity index (χ3v) is 3.60. The molecule has 0 saturated heterocycles. The fourth-order valence-electron chi connectivity index (χ4n) is 2.24. The van der Waals surface area contributed by atoms with Crippen LogP contribution < -0.4 is 20.1 Å². The highest BCUT2D eigenvalue weighted by Crippen LogP contribution is 2.16. The van der Waals surface area contributed by atoms with Crippen molar-refractivity contribution in [1.82, 2.24) is 10.6 Å². The molecule has 0 atom stereocenters. The van der Waals surface area contributed by atoms with Gasteiger partial charge >= 0.3 is 0 Å². The van der Waals surface area contributed by atoms with Gasteiger partial charge in [-0.15, -0.1) is 0 Å². The second-order valence-electron chi connectivity index (χ2n) is 5.49. The van der Waals surface area contributed by atoms with Crippen LogP contribution in [0.2, 0.25) is 0 Å². The maximum atomic E-state index is 5.67. The van der Waals surface area contributed by atoms with Crippen molar-refractivity contribution in [2.45, 2.75) is 6.61 Å². The number of benzene rings is 2. The summed E-state index contributed by atoms with van der Waals surface area (Å²) >= 11 is 0. The second-order valence-corrected chi connectivity index (χ2v) is 5.49. The maximum Gasteiger partial charge on any atom is 0.191 e. The van der Waals surface area contributed by atoms with E-state index in [9.17, 15) is 0 Å². The topological polar surface area (TPSA) is 64.1 Å². The molecule has 0 fully saturated rings. The largest absolute Gasteiger partial charge is 0.497 e. The van der Waals surface area contributed by atoms with Crippen molar-refractivity contribution in [3.63, 3.8) is 0 Å². The van der Waals surface area contributed by atoms with Crippen molar-refractivity contribution >= 4 is 5.96 Å². The number of hydrogen-bond donors (Lipinski definition) is 2. The van der Waals surface area contributed by atoms with Gasteiger partial charge < -0.3 is 24.8 Å². The number of nitrogens with one attached hydrogen (secondary N) is 2. The Kier molecular flexibility index (Phi) is 8.86. The molecular weight excluding hydrogens is 330 g/mol. The fourth-order valence-corrected chi connectivity index (χ4v) is 2.24. The summed E-state index contributed by atoms with van der Waals surface area (Å²) in [4.78, 5) is 4.18. The van der Waals surface area contributed by atoms with Crippen LogP contribution in [0.25, 0.3) is 0 Å². The van der Waals surface area contributed by atoms with Crippen LogP contribution in [0, 0.1) is 0 Å². The lowest BCUT2D eigenvalue weighted by Gasteiger charge is -2.13. The molecule has 0 aliphatic rings. The summed E-state index contributed by atoms with van der Waals surface area (Å²) < 4.78 is 16.4.